The lowest BCUT2D eigenvalue weighted by molar-refractivity contribution is 0.0742. The van der Waals surface area contributed by atoms with Gasteiger partial charge >= 0.3 is 0 Å². The van der Waals surface area contributed by atoms with E-state index in [1.165, 1.54) is 19.3 Å². The van der Waals surface area contributed by atoms with Crippen LogP contribution in [0.2, 0.25) is 5.02 Å². The van der Waals surface area contributed by atoms with Crippen molar-refractivity contribution in [1.82, 2.24) is 14.9 Å². The molecule has 1 aliphatic rings. The van der Waals surface area contributed by atoms with E-state index in [1.54, 1.807) is 6.20 Å². The van der Waals surface area contributed by atoms with Crippen LogP contribution in [-0.4, -0.2) is 33.9 Å². The van der Waals surface area contributed by atoms with Crippen LogP contribution in [0.25, 0.3) is 11.3 Å². The Labute approximate surface area is 182 Å². The lowest BCUT2D eigenvalue weighted by Gasteiger charge is -2.25. The molecule has 0 saturated carbocycles. The molecule has 1 aliphatic heterocycles. The fraction of sp³-hybridized carbons (Fsp3) is 0.292. The van der Waals surface area contributed by atoms with Crippen molar-refractivity contribution in [2.75, 3.05) is 18.4 Å². The molecule has 154 valence electrons. The zero-order chi connectivity index (χ0) is 20.8. The maximum atomic E-state index is 12.8. The van der Waals surface area contributed by atoms with E-state index < -0.39 is 0 Å². The lowest BCUT2D eigenvalue weighted by atomic mass is 10.1. The average molecular weight is 421 g/mol. The highest BCUT2D eigenvalue weighted by molar-refractivity contribution is 6.30. The van der Waals surface area contributed by atoms with Gasteiger partial charge in [-0.05, 0) is 55.3 Å². The van der Waals surface area contributed by atoms with Crippen LogP contribution in [0.1, 0.15) is 42.5 Å². The first kappa shape index (κ1) is 20.4. The summed E-state index contributed by atoms with van der Waals surface area (Å²) in [7, 11) is 0. The van der Waals surface area contributed by atoms with E-state index >= 15 is 0 Å². The minimum absolute atomic E-state index is 0.115. The third-order valence-corrected chi connectivity index (χ3v) is 5.58. The van der Waals surface area contributed by atoms with Crippen molar-refractivity contribution in [3.8, 4) is 11.3 Å². The maximum absolute atomic E-state index is 12.8. The van der Waals surface area contributed by atoms with E-state index in [9.17, 15) is 4.79 Å². The predicted octanol–water partition coefficient (Wildman–Crippen LogP) is 5.95. The summed E-state index contributed by atoms with van der Waals surface area (Å²) in [5, 5.41) is 3.91. The molecule has 2 aromatic carbocycles. The molecule has 4 rings (SSSR count). The minimum Gasteiger partial charge on any atom is -0.339 e. The van der Waals surface area contributed by atoms with Crippen molar-refractivity contribution in [2.24, 2.45) is 0 Å². The highest BCUT2D eigenvalue weighted by Gasteiger charge is 2.16. The number of hydrogen-bond donors (Lipinski definition) is 1. The number of aromatic nitrogens is 2. The summed E-state index contributed by atoms with van der Waals surface area (Å²) >= 11 is 5.97. The summed E-state index contributed by atoms with van der Waals surface area (Å²) in [5.41, 5.74) is 3.34. The van der Waals surface area contributed by atoms with Crippen molar-refractivity contribution < 1.29 is 4.79 Å². The molecule has 1 amide bonds. The molecular formula is C24H25ClN4O. The van der Waals surface area contributed by atoms with Gasteiger partial charge < -0.3 is 10.2 Å². The molecule has 0 spiro atoms. The largest absolute Gasteiger partial charge is 0.339 e. The van der Waals surface area contributed by atoms with Crippen molar-refractivity contribution in [2.45, 2.75) is 32.1 Å². The van der Waals surface area contributed by atoms with Gasteiger partial charge in [0.1, 0.15) is 0 Å². The second kappa shape index (κ2) is 9.72. The molecule has 0 atom stereocenters. The van der Waals surface area contributed by atoms with Crippen molar-refractivity contribution in [3.63, 3.8) is 0 Å². The molecule has 6 heteroatoms. The predicted molar refractivity (Wildman–Crippen MR) is 121 cm³/mol. The number of hydrogen-bond acceptors (Lipinski definition) is 4. The van der Waals surface area contributed by atoms with Crippen LogP contribution >= 0.6 is 11.6 Å². The molecule has 5 nitrogen and oxygen atoms in total. The fourth-order valence-corrected chi connectivity index (χ4v) is 3.78. The molecule has 1 fully saturated rings. The Hall–Kier alpha value is -2.92. The smallest absolute Gasteiger partial charge is 0.253 e. The van der Waals surface area contributed by atoms with Gasteiger partial charge in [0.2, 0.25) is 5.95 Å². The van der Waals surface area contributed by atoms with Gasteiger partial charge in [0, 0.05) is 41.1 Å². The number of halogens is 1. The van der Waals surface area contributed by atoms with E-state index in [4.69, 9.17) is 11.6 Å². The first-order valence-corrected chi connectivity index (χ1v) is 10.8. The van der Waals surface area contributed by atoms with Gasteiger partial charge in [-0.15, -0.1) is 0 Å². The summed E-state index contributed by atoms with van der Waals surface area (Å²) in [6, 6.07) is 16.9. The summed E-state index contributed by atoms with van der Waals surface area (Å²) in [6.07, 6.45) is 7.60. The molecular weight excluding hydrogens is 396 g/mol. The fourth-order valence-electron chi connectivity index (χ4n) is 3.66. The first-order chi connectivity index (χ1) is 14.7. The molecule has 0 aliphatic carbocycles. The van der Waals surface area contributed by atoms with E-state index in [0.29, 0.717) is 11.0 Å². The molecule has 2 heterocycles. The standard InChI is InChI=1S/C24H25ClN4O/c25-20-10-6-18(7-11-20)22-14-15-26-24(28-22)27-21-12-8-19(9-13-21)23(30)29-16-4-2-1-3-5-17-29/h6-15H,1-5,16-17H2,(H,26,27,28). The normalized spacial score (nSPS) is 14.6. The molecule has 0 unspecified atom stereocenters. The quantitative estimate of drug-likeness (QED) is 0.566. The Balaban J connectivity index is 1.44. The third kappa shape index (κ3) is 5.16. The zero-order valence-electron chi connectivity index (χ0n) is 16.9. The Morgan fingerprint density at radius 2 is 1.53 bits per heavy atom. The molecule has 0 bridgehead atoms. The van der Waals surface area contributed by atoms with Crippen molar-refractivity contribution in [1.29, 1.82) is 0 Å². The van der Waals surface area contributed by atoms with Gasteiger partial charge in [0.15, 0.2) is 0 Å². The number of benzene rings is 2. The number of nitrogens with zero attached hydrogens (tertiary/aromatic N) is 3. The Bertz CT molecular complexity index is 981. The lowest BCUT2D eigenvalue weighted by Crippen LogP contribution is -2.33. The van der Waals surface area contributed by atoms with E-state index in [0.717, 1.165) is 48.4 Å². The molecule has 3 aromatic rings. The molecule has 0 radical (unpaired) electrons. The summed E-state index contributed by atoms with van der Waals surface area (Å²) in [5.74, 6) is 0.620. The third-order valence-electron chi connectivity index (χ3n) is 5.33. The number of carbonyl (C=O) groups is 1. The van der Waals surface area contributed by atoms with Gasteiger partial charge in [-0.3, -0.25) is 4.79 Å². The van der Waals surface area contributed by atoms with E-state index in [-0.39, 0.29) is 5.91 Å². The number of likely N-dealkylation sites (tertiary alicyclic amines) is 1. The zero-order valence-corrected chi connectivity index (χ0v) is 17.6. The highest BCUT2D eigenvalue weighted by Crippen LogP contribution is 2.22. The van der Waals surface area contributed by atoms with Gasteiger partial charge in [0.05, 0.1) is 5.69 Å². The number of carbonyl (C=O) groups excluding carboxylic acids is 1. The van der Waals surface area contributed by atoms with Crippen LogP contribution in [0.4, 0.5) is 11.6 Å². The van der Waals surface area contributed by atoms with Crippen LogP contribution in [0.15, 0.2) is 60.8 Å². The molecule has 1 N–H and O–H groups in total. The minimum atomic E-state index is 0.115. The van der Waals surface area contributed by atoms with Crippen LogP contribution in [0.5, 0.6) is 0 Å². The van der Waals surface area contributed by atoms with Crippen LogP contribution in [0.3, 0.4) is 0 Å². The number of amides is 1. The van der Waals surface area contributed by atoms with Gasteiger partial charge in [0.25, 0.3) is 5.91 Å². The second-order valence-electron chi connectivity index (χ2n) is 7.53. The summed E-state index contributed by atoms with van der Waals surface area (Å²) in [4.78, 5) is 23.7. The maximum Gasteiger partial charge on any atom is 0.253 e. The van der Waals surface area contributed by atoms with E-state index in [1.807, 2.05) is 59.5 Å². The number of rotatable bonds is 4. The Morgan fingerprint density at radius 3 is 2.23 bits per heavy atom. The Kier molecular flexibility index (Phi) is 6.60. The second-order valence-corrected chi connectivity index (χ2v) is 7.97. The van der Waals surface area contributed by atoms with Gasteiger partial charge in [-0.25, -0.2) is 9.97 Å². The Morgan fingerprint density at radius 1 is 0.867 bits per heavy atom. The van der Waals surface area contributed by atoms with E-state index in [2.05, 4.69) is 15.3 Å². The first-order valence-electron chi connectivity index (χ1n) is 10.4. The van der Waals surface area contributed by atoms with Gasteiger partial charge in [-0.1, -0.05) is 43.0 Å². The van der Waals surface area contributed by atoms with Crippen molar-refractivity contribution in [3.05, 3.63) is 71.4 Å². The molecule has 30 heavy (non-hydrogen) atoms. The van der Waals surface area contributed by atoms with Crippen LogP contribution < -0.4 is 5.32 Å². The number of anilines is 2. The topological polar surface area (TPSA) is 58.1 Å². The molecule has 1 saturated heterocycles. The summed E-state index contributed by atoms with van der Waals surface area (Å²) in [6.45, 7) is 1.70. The van der Waals surface area contributed by atoms with Crippen LogP contribution in [-0.2, 0) is 0 Å². The van der Waals surface area contributed by atoms with Crippen LogP contribution in [0, 0.1) is 0 Å². The SMILES string of the molecule is O=C(c1ccc(Nc2nccc(-c3ccc(Cl)cc3)n2)cc1)N1CCCCCCC1. The highest BCUT2D eigenvalue weighted by atomic mass is 35.5. The monoisotopic (exact) mass is 420 g/mol. The number of nitrogens with one attached hydrogen (secondary N) is 1. The van der Waals surface area contributed by atoms with Crippen molar-refractivity contribution >= 4 is 29.1 Å². The molecule has 1 aromatic heterocycles. The average Bonchev–Trinajstić information content (AvgIpc) is 2.74. The van der Waals surface area contributed by atoms with Gasteiger partial charge in [-0.2, -0.15) is 0 Å². The summed E-state index contributed by atoms with van der Waals surface area (Å²) < 4.78 is 0.